The molecule has 29 heavy (non-hydrogen) atoms. The molecular formula is C18H15FN6O4. The smallest absolute Gasteiger partial charge is 0.356 e. The van der Waals surface area contributed by atoms with Gasteiger partial charge in [0.15, 0.2) is 11.3 Å². The highest BCUT2D eigenvalue weighted by atomic mass is 19.1. The van der Waals surface area contributed by atoms with Crippen molar-refractivity contribution < 1.29 is 19.0 Å². The van der Waals surface area contributed by atoms with Crippen LogP contribution in [-0.4, -0.2) is 53.4 Å². The molecule has 3 aromatic heterocycles. The number of hydrogen-bond acceptors (Lipinski definition) is 6. The molecule has 1 aliphatic heterocycles. The molecule has 4 aromatic rings. The number of imidazole rings is 2. The summed E-state index contributed by atoms with van der Waals surface area (Å²) < 4.78 is 21.9. The van der Waals surface area contributed by atoms with Crippen molar-refractivity contribution in [3.8, 4) is 5.95 Å². The van der Waals surface area contributed by atoms with Gasteiger partial charge in [-0.15, -0.1) is 0 Å². The number of H-pyrrole nitrogens is 1. The molecule has 5 rings (SSSR count). The number of carboxylic acids is 1. The van der Waals surface area contributed by atoms with Crippen molar-refractivity contribution in [1.29, 1.82) is 0 Å². The van der Waals surface area contributed by atoms with Gasteiger partial charge >= 0.3 is 11.7 Å². The molecule has 0 spiro atoms. The van der Waals surface area contributed by atoms with Gasteiger partial charge < -0.3 is 14.8 Å². The standard InChI is InChI=1S/C18H15FN6O4/c19-9-1-2-11-12(7-9)24(8-20-11)17-21-14(16(26)27)13-15(23-17)25(18(28)22-13)10-3-5-29-6-4-10/h1-2,7-8,10H,3-6H2,(H,22,28)(H,26,27). The van der Waals surface area contributed by atoms with E-state index in [1.54, 1.807) is 0 Å². The van der Waals surface area contributed by atoms with Crippen molar-refractivity contribution >= 4 is 28.2 Å². The normalized spacial score (nSPS) is 15.3. The molecule has 0 amide bonds. The van der Waals surface area contributed by atoms with Crippen LogP contribution in [0, 0.1) is 5.82 Å². The Morgan fingerprint density at radius 2 is 2.07 bits per heavy atom. The zero-order chi connectivity index (χ0) is 20.1. The van der Waals surface area contributed by atoms with E-state index in [1.165, 1.54) is 33.7 Å². The Hall–Kier alpha value is -3.60. The SMILES string of the molecule is O=C(O)c1nc(-n2cnc3ccc(F)cc32)nc2c1[nH]c(=O)n2C1CCOCC1. The number of carbonyl (C=O) groups is 1. The zero-order valence-corrected chi connectivity index (χ0v) is 15.0. The van der Waals surface area contributed by atoms with Gasteiger partial charge in [0.25, 0.3) is 0 Å². The highest BCUT2D eigenvalue weighted by Crippen LogP contribution is 2.25. The number of nitrogens with one attached hydrogen (secondary N) is 1. The molecule has 148 valence electrons. The number of fused-ring (bicyclic) bond motifs is 2. The van der Waals surface area contributed by atoms with Crippen LogP contribution in [0.3, 0.4) is 0 Å². The molecule has 1 aliphatic rings. The Morgan fingerprint density at radius 3 is 2.83 bits per heavy atom. The lowest BCUT2D eigenvalue weighted by molar-refractivity contribution is 0.0688. The van der Waals surface area contributed by atoms with Crippen molar-refractivity contribution in [3.05, 3.63) is 46.5 Å². The predicted octanol–water partition coefficient (Wildman–Crippen LogP) is 1.65. The summed E-state index contributed by atoms with van der Waals surface area (Å²) in [6.07, 6.45) is 2.60. The number of rotatable bonds is 3. The van der Waals surface area contributed by atoms with Crippen LogP contribution in [0.25, 0.3) is 28.1 Å². The molecule has 2 N–H and O–H groups in total. The fourth-order valence-electron chi connectivity index (χ4n) is 3.68. The molecule has 1 fully saturated rings. The zero-order valence-electron chi connectivity index (χ0n) is 15.0. The Labute approximate surface area is 161 Å². The number of nitrogens with zero attached hydrogens (tertiary/aromatic N) is 5. The van der Waals surface area contributed by atoms with Crippen molar-refractivity contribution in [2.24, 2.45) is 0 Å². The summed E-state index contributed by atoms with van der Waals surface area (Å²) >= 11 is 0. The predicted molar refractivity (Wildman–Crippen MR) is 98.8 cm³/mol. The number of ether oxygens (including phenoxy) is 1. The third-order valence-electron chi connectivity index (χ3n) is 5.04. The maximum atomic E-state index is 13.7. The van der Waals surface area contributed by atoms with E-state index in [2.05, 4.69) is 19.9 Å². The Bertz CT molecular complexity index is 1320. The second-order valence-corrected chi connectivity index (χ2v) is 6.77. The van der Waals surface area contributed by atoms with E-state index in [4.69, 9.17) is 4.74 Å². The first-order valence-corrected chi connectivity index (χ1v) is 8.99. The Kier molecular flexibility index (Phi) is 3.91. The first-order valence-electron chi connectivity index (χ1n) is 8.99. The van der Waals surface area contributed by atoms with Gasteiger partial charge in [-0.25, -0.2) is 23.9 Å². The van der Waals surface area contributed by atoms with Gasteiger partial charge in [0.1, 0.15) is 17.7 Å². The number of carboxylic acid groups (broad SMARTS) is 1. The summed E-state index contributed by atoms with van der Waals surface area (Å²) in [5.74, 6) is -1.79. The van der Waals surface area contributed by atoms with Crippen molar-refractivity contribution in [2.75, 3.05) is 13.2 Å². The van der Waals surface area contributed by atoms with E-state index in [9.17, 15) is 19.1 Å². The Balaban J connectivity index is 1.79. The van der Waals surface area contributed by atoms with E-state index in [0.29, 0.717) is 37.1 Å². The molecular weight excluding hydrogens is 383 g/mol. The number of benzene rings is 1. The number of hydrogen-bond donors (Lipinski definition) is 2. The molecule has 0 radical (unpaired) electrons. The van der Waals surface area contributed by atoms with E-state index < -0.39 is 17.5 Å². The number of aromatic carboxylic acids is 1. The van der Waals surface area contributed by atoms with E-state index in [-0.39, 0.29) is 28.8 Å². The van der Waals surface area contributed by atoms with Crippen molar-refractivity contribution in [2.45, 2.75) is 18.9 Å². The minimum absolute atomic E-state index is 0.0113. The minimum atomic E-state index is -1.31. The van der Waals surface area contributed by atoms with E-state index >= 15 is 0 Å². The molecule has 11 heteroatoms. The lowest BCUT2D eigenvalue weighted by Gasteiger charge is -2.22. The second kappa shape index (κ2) is 6.48. The first-order chi connectivity index (χ1) is 14.0. The fourth-order valence-corrected chi connectivity index (χ4v) is 3.68. The number of aromatic nitrogens is 6. The van der Waals surface area contributed by atoms with Crippen LogP contribution >= 0.6 is 0 Å². The molecule has 1 saturated heterocycles. The summed E-state index contributed by atoms with van der Waals surface area (Å²) in [5.41, 5.74) is 0.323. The third-order valence-corrected chi connectivity index (χ3v) is 5.04. The maximum absolute atomic E-state index is 13.7. The quantitative estimate of drug-likeness (QED) is 0.537. The van der Waals surface area contributed by atoms with E-state index in [1.807, 2.05) is 0 Å². The maximum Gasteiger partial charge on any atom is 0.356 e. The van der Waals surface area contributed by atoms with Crippen molar-refractivity contribution in [3.63, 3.8) is 0 Å². The Morgan fingerprint density at radius 1 is 1.28 bits per heavy atom. The summed E-state index contributed by atoms with van der Waals surface area (Å²) in [7, 11) is 0. The molecule has 0 aliphatic carbocycles. The minimum Gasteiger partial charge on any atom is -0.476 e. The fraction of sp³-hybridized carbons (Fsp3) is 0.278. The van der Waals surface area contributed by atoms with Gasteiger partial charge in [-0.1, -0.05) is 0 Å². The van der Waals surface area contributed by atoms with Gasteiger partial charge in [-0.2, -0.15) is 4.98 Å². The summed E-state index contributed by atoms with van der Waals surface area (Å²) in [5, 5.41) is 9.65. The van der Waals surface area contributed by atoms with Crippen molar-refractivity contribution in [1.82, 2.24) is 29.1 Å². The van der Waals surface area contributed by atoms with Gasteiger partial charge in [0.2, 0.25) is 5.95 Å². The van der Waals surface area contributed by atoms with Crippen LogP contribution in [0.1, 0.15) is 29.4 Å². The highest BCUT2D eigenvalue weighted by molar-refractivity contribution is 5.98. The highest BCUT2D eigenvalue weighted by Gasteiger charge is 2.26. The summed E-state index contributed by atoms with van der Waals surface area (Å²) in [4.78, 5) is 39.7. The molecule has 10 nitrogen and oxygen atoms in total. The van der Waals surface area contributed by atoms with Gasteiger partial charge in [0, 0.05) is 25.3 Å². The molecule has 0 atom stereocenters. The lowest BCUT2D eigenvalue weighted by Crippen LogP contribution is -2.27. The lowest BCUT2D eigenvalue weighted by atomic mass is 10.1. The van der Waals surface area contributed by atoms with Crippen LogP contribution in [0.5, 0.6) is 0 Å². The summed E-state index contributed by atoms with van der Waals surface area (Å²) in [6, 6.07) is 3.87. The van der Waals surface area contributed by atoms with Crippen LogP contribution in [0.4, 0.5) is 4.39 Å². The van der Waals surface area contributed by atoms with Gasteiger partial charge in [0.05, 0.1) is 11.0 Å². The first kappa shape index (κ1) is 17.5. The van der Waals surface area contributed by atoms with Gasteiger partial charge in [-0.05, 0) is 25.0 Å². The molecule has 0 unspecified atom stereocenters. The number of aromatic amines is 1. The monoisotopic (exact) mass is 398 g/mol. The molecule has 0 bridgehead atoms. The molecule has 0 saturated carbocycles. The summed E-state index contributed by atoms with van der Waals surface area (Å²) in [6.45, 7) is 0.998. The second-order valence-electron chi connectivity index (χ2n) is 6.77. The number of halogens is 1. The topological polar surface area (TPSA) is 128 Å². The van der Waals surface area contributed by atoms with Crippen LogP contribution < -0.4 is 5.69 Å². The van der Waals surface area contributed by atoms with Crippen LogP contribution in [-0.2, 0) is 4.74 Å². The molecule has 4 heterocycles. The van der Waals surface area contributed by atoms with Gasteiger partial charge in [-0.3, -0.25) is 9.13 Å². The molecule has 1 aromatic carbocycles. The average Bonchev–Trinajstić information content (AvgIpc) is 3.27. The van der Waals surface area contributed by atoms with Crippen LogP contribution in [0.2, 0.25) is 0 Å². The largest absolute Gasteiger partial charge is 0.476 e. The van der Waals surface area contributed by atoms with Crippen LogP contribution in [0.15, 0.2) is 29.3 Å². The average molecular weight is 398 g/mol. The van der Waals surface area contributed by atoms with E-state index in [0.717, 1.165) is 0 Å². The third kappa shape index (κ3) is 2.78.